The van der Waals surface area contributed by atoms with Crippen LogP contribution in [0.3, 0.4) is 0 Å². The molecule has 1 N–H and O–H groups in total. The maximum atomic E-state index is 12.1. The molecule has 2 aromatic heterocycles. The normalized spacial score (nSPS) is 11.5. The number of aryl methyl sites for hydroxylation is 3. The van der Waals surface area contributed by atoms with E-state index in [0.717, 1.165) is 22.3 Å². The second-order valence-corrected chi connectivity index (χ2v) is 6.69. The van der Waals surface area contributed by atoms with E-state index < -0.39 is 5.91 Å². The predicted octanol–water partition coefficient (Wildman–Crippen LogP) is 4.18. The van der Waals surface area contributed by atoms with Gasteiger partial charge < -0.3 is 9.67 Å². The Morgan fingerprint density at radius 1 is 1.23 bits per heavy atom. The summed E-state index contributed by atoms with van der Waals surface area (Å²) in [6.07, 6.45) is 0. The standard InChI is InChI=1S/C18H19N5O2S/c1-4-23-14-8-6-5-7-13(14)16(17(23)25)22-21-15(24)10-26-18-19-11(2)9-12(3)20-18/h5-9,25H,4,10H2,1-3H3. The van der Waals surface area contributed by atoms with Crippen molar-refractivity contribution >= 4 is 34.3 Å². The summed E-state index contributed by atoms with van der Waals surface area (Å²) in [5.74, 6) is -0.319. The Kier molecular flexibility index (Phi) is 5.32. The van der Waals surface area contributed by atoms with Crippen LogP contribution in [-0.2, 0) is 11.3 Å². The van der Waals surface area contributed by atoms with E-state index in [1.54, 1.807) is 4.57 Å². The molecule has 0 atom stereocenters. The molecule has 3 rings (SSSR count). The van der Waals surface area contributed by atoms with Crippen LogP contribution in [0.15, 0.2) is 45.7 Å². The Bertz CT molecular complexity index is 976. The maximum Gasteiger partial charge on any atom is 0.275 e. The number of carbonyl (C=O) groups is 1. The lowest BCUT2D eigenvalue weighted by Crippen LogP contribution is -1.99. The second-order valence-electron chi connectivity index (χ2n) is 5.75. The van der Waals surface area contributed by atoms with E-state index in [0.29, 0.717) is 17.4 Å². The van der Waals surface area contributed by atoms with E-state index in [4.69, 9.17) is 0 Å². The van der Waals surface area contributed by atoms with Crippen LogP contribution in [0, 0.1) is 13.8 Å². The van der Waals surface area contributed by atoms with Gasteiger partial charge in [0.05, 0.1) is 11.3 Å². The van der Waals surface area contributed by atoms with Crippen molar-refractivity contribution in [3.8, 4) is 5.88 Å². The molecule has 1 aromatic carbocycles. The number of carbonyl (C=O) groups excluding carboxylic acids is 1. The van der Waals surface area contributed by atoms with Gasteiger partial charge in [0.2, 0.25) is 5.88 Å². The minimum Gasteiger partial charge on any atom is -0.493 e. The van der Waals surface area contributed by atoms with Gasteiger partial charge in [0, 0.05) is 23.3 Å². The number of amides is 1. The van der Waals surface area contributed by atoms with Crippen LogP contribution in [0.5, 0.6) is 5.88 Å². The first kappa shape index (κ1) is 18.1. The van der Waals surface area contributed by atoms with Gasteiger partial charge in [0.15, 0.2) is 10.8 Å². The first-order valence-corrected chi connectivity index (χ1v) is 9.18. The van der Waals surface area contributed by atoms with Crippen molar-refractivity contribution in [1.82, 2.24) is 14.5 Å². The fourth-order valence-electron chi connectivity index (χ4n) is 2.71. The Labute approximate surface area is 155 Å². The predicted molar refractivity (Wildman–Crippen MR) is 101 cm³/mol. The highest BCUT2D eigenvalue weighted by atomic mass is 32.2. The molecule has 0 fully saturated rings. The van der Waals surface area contributed by atoms with Gasteiger partial charge in [-0.2, -0.15) is 0 Å². The summed E-state index contributed by atoms with van der Waals surface area (Å²) in [6.45, 7) is 6.29. The van der Waals surface area contributed by atoms with Gasteiger partial charge in [0.1, 0.15) is 0 Å². The van der Waals surface area contributed by atoms with E-state index in [9.17, 15) is 9.90 Å². The molecule has 0 aliphatic carbocycles. The summed E-state index contributed by atoms with van der Waals surface area (Å²) in [5.41, 5.74) is 2.87. The molecule has 26 heavy (non-hydrogen) atoms. The van der Waals surface area contributed by atoms with Crippen molar-refractivity contribution in [3.63, 3.8) is 0 Å². The topological polar surface area (TPSA) is 92.7 Å². The average Bonchev–Trinajstić information content (AvgIpc) is 2.88. The third-order valence-electron chi connectivity index (χ3n) is 3.78. The van der Waals surface area contributed by atoms with Gasteiger partial charge in [-0.1, -0.05) is 30.0 Å². The van der Waals surface area contributed by atoms with E-state index in [1.807, 2.05) is 51.1 Å². The van der Waals surface area contributed by atoms with Crippen molar-refractivity contribution in [2.24, 2.45) is 10.2 Å². The van der Waals surface area contributed by atoms with Crippen molar-refractivity contribution in [2.45, 2.75) is 32.5 Å². The Morgan fingerprint density at radius 2 is 1.92 bits per heavy atom. The second kappa shape index (κ2) is 7.65. The highest BCUT2D eigenvalue weighted by Crippen LogP contribution is 2.38. The van der Waals surface area contributed by atoms with Crippen LogP contribution in [0.25, 0.3) is 10.9 Å². The number of thioether (sulfide) groups is 1. The molecule has 3 aromatic rings. The van der Waals surface area contributed by atoms with Gasteiger partial charge in [-0.05, 0) is 32.9 Å². The summed E-state index contributed by atoms with van der Waals surface area (Å²) in [4.78, 5) is 20.6. The summed E-state index contributed by atoms with van der Waals surface area (Å²) in [7, 11) is 0. The number of aromatic hydroxyl groups is 1. The summed E-state index contributed by atoms with van der Waals surface area (Å²) >= 11 is 1.22. The third-order valence-corrected chi connectivity index (χ3v) is 4.61. The van der Waals surface area contributed by atoms with Crippen molar-refractivity contribution in [2.75, 3.05) is 5.75 Å². The van der Waals surface area contributed by atoms with Crippen LogP contribution in [0.1, 0.15) is 18.3 Å². The van der Waals surface area contributed by atoms with Crippen LogP contribution in [0.4, 0.5) is 5.69 Å². The van der Waals surface area contributed by atoms with Gasteiger partial charge >= 0.3 is 0 Å². The average molecular weight is 369 g/mol. The number of azo groups is 1. The van der Waals surface area contributed by atoms with Crippen molar-refractivity contribution < 1.29 is 9.90 Å². The number of benzene rings is 1. The monoisotopic (exact) mass is 369 g/mol. The van der Waals surface area contributed by atoms with Crippen LogP contribution >= 0.6 is 11.8 Å². The molecule has 0 radical (unpaired) electrons. The third kappa shape index (κ3) is 3.75. The molecule has 0 spiro atoms. The van der Waals surface area contributed by atoms with Gasteiger partial charge in [-0.3, -0.25) is 4.79 Å². The zero-order valence-corrected chi connectivity index (χ0v) is 15.6. The lowest BCUT2D eigenvalue weighted by atomic mass is 10.2. The number of hydrogen-bond acceptors (Lipinski definition) is 6. The molecule has 0 saturated heterocycles. The van der Waals surface area contributed by atoms with Gasteiger partial charge in [0.25, 0.3) is 5.91 Å². The number of nitrogens with zero attached hydrogens (tertiary/aromatic N) is 5. The van der Waals surface area contributed by atoms with Crippen LogP contribution < -0.4 is 0 Å². The molecule has 1 amide bonds. The zero-order chi connectivity index (χ0) is 18.7. The molecule has 0 saturated carbocycles. The van der Waals surface area contributed by atoms with Gasteiger partial charge in [-0.25, -0.2) is 9.97 Å². The number of para-hydroxylation sites is 1. The fourth-order valence-corrected chi connectivity index (χ4v) is 3.44. The molecular weight excluding hydrogens is 350 g/mol. The van der Waals surface area contributed by atoms with Crippen LogP contribution in [0.2, 0.25) is 0 Å². The zero-order valence-electron chi connectivity index (χ0n) is 14.8. The lowest BCUT2D eigenvalue weighted by Gasteiger charge is -2.01. The number of fused-ring (bicyclic) bond motifs is 1. The molecule has 0 unspecified atom stereocenters. The maximum absolute atomic E-state index is 12.1. The highest BCUT2D eigenvalue weighted by Gasteiger charge is 2.15. The smallest absolute Gasteiger partial charge is 0.275 e. The minimum absolute atomic E-state index is 0.00976. The molecular formula is C18H19N5O2S. The molecule has 0 bridgehead atoms. The molecule has 7 nitrogen and oxygen atoms in total. The molecule has 134 valence electrons. The summed E-state index contributed by atoms with van der Waals surface area (Å²) in [5, 5.41) is 19.4. The SMILES string of the molecule is CCn1c(O)c(N=NC(=O)CSc2nc(C)cc(C)n2)c2ccccc21. The first-order chi connectivity index (χ1) is 12.5. The van der Waals surface area contributed by atoms with Crippen molar-refractivity contribution in [3.05, 3.63) is 41.7 Å². The number of hydrogen-bond donors (Lipinski definition) is 1. The fraction of sp³-hybridized carbons (Fsp3) is 0.278. The molecule has 2 heterocycles. The number of rotatable bonds is 5. The van der Waals surface area contributed by atoms with E-state index in [1.165, 1.54) is 11.8 Å². The Morgan fingerprint density at radius 3 is 2.62 bits per heavy atom. The van der Waals surface area contributed by atoms with Crippen molar-refractivity contribution in [1.29, 1.82) is 0 Å². The first-order valence-electron chi connectivity index (χ1n) is 8.19. The van der Waals surface area contributed by atoms with E-state index >= 15 is 0 Å². The van der Waals surface area contributed by atoms with E-state index in [2.05, 4.69) is 20.2 Å². The quantitative estimate of drug-likeness (QED) is 0.414. The Balaban J connectivity index is 1.76. The number of aromatic nitrogens is 3. The van der Waals surface area contributed by atoms with E-state index in [-0.39, 0.29) is 11.6 Å². The summed E-state index contributed by atoms with van der Waals surface area (Å²) < 4.78 is 1.73. The molecule has 8 heteroatoms. The largest absolute Gasteiger partial charge is 0.493 e. The lowest BCUT2D eigenvalue weighted by molar-refractivity contribution is -0.115. The highest BCUT2D eigenvalue weighted by molar-refractivity contribution is 7.99. The van der Waals surface area contributed by atoms with Gasteiger partial charge in [-0.15, -0.1) is 10.2 Å². The minimum atomic E-state index is -0.412. The molecule has 0 aliphatic rings. The Hall–Kier alpha value is -2.74. The van der Waals surface area contributed by atoms with Crippen LogP contribution in [-0.4, -0.2) is 31.3 Å². The molecule has 0 aliphatic heterocycles. The summed E-state index contributed by atoms with van der Waals surface area (Å²) in [6, 6.07) is 9.36.